The van der Waals surface area contributed by atoms with E-state index in [0.717, 1.165) is 57.1 Å². The molecule has 44 heavy (non-hydrogen) atoms. The second-order valence-corrected chi connectivity index (χ2v) is 11.7. The number of benzene rings is 1. The van der Waals surface area contributed by atoms with Crippen molar-refractivity contribution < 1.29 is 70.7 Å². The molecule has 0 heterocycles. The molecule has 0 unspecified atom stereocenters. The molecule has 0 saturated heterocycles. The van der Waals surface area contributed by atoms with Crippen LogP contribution in [0, 0.1) is 17.8 Å². The fourth-order valence-electron chi connectivity index (χ4n) is 6.19. The highest BCUT2D eigenvalue weighted by atomic mass is 19.4. The van der Waals surface area contributed by atoms with E-state index < -0.39 is 53.1 Å². The van der Waals surface area contributed by atoms with Gasteiger partial charge in [0.1, 0.15) is 0 Å². The van der Waals surface area contributed by atoms with Crippen molar-refractivity contribution >= 4 is 5.78 Å². The molecule has 0 amide bonds. The summed E-state index contributed by atoms with van der Waals surface area (Å²) in [5.74, 6) is -49.6. The van der Waals surface area contributed by atoms with Crippen molar-refractivity contribution in [3.8, 4) is 0 Å². The minimum atomic E-state index is -8.43. The predicted molar refractivity (Wildman–Crippen MR) is 127 cm³/mol. The summed E-state index contributed by atoms with van der Waals surface area (Å²) in [5.41, 5.74) is -0.998. The minimum absolute atomic E-state index is 0.148. The Morgan fingerprint density at radius 2 is 0.955 bits per heavy atom. The molecule has 1 aromatic rings. The fraction of sp³-hybridized carbons (Fsp3) is 0.750. The number of hydrogen-bond acceptors (Lipinski definition) is 1. The second-order valence-electron chi connectivity index (χ2n) is 11.7. The predicted octanol–water partition coefficient (Wildman–Crippen LogP) is 10.7. The number of carbonyl (C=O) groups is 1. The summed E-state index contributed by atoms with van der Waals surface area (Å²) >= 11 is 0. The van der Waals surface area contributed by atoms with Crippen LogP contribution in [0.4, 0.5) is 65.9 Å². The molecule has 0 atom stereocenters. The lowest BCUT2D eigenvalue weighted by Crippen LogP contribution is -2.73. The summed E-state index contributed by atoms with van der Waals surface area (Å²) in [4.78, 5) is 12.1. The Labute approximate surface area is 242 Å². The zero-order chi connectivity index (χ0) is 33.7. The summed E-state index contributed by atoms with van der Waals surface area (Å²) in [6.07, 6.45) is 0.908. The van der Waals surface area contributed by atoms with E-state index in [4.69, 9.17) is 0 Å². The van der Waals surface area contributed by atoms with Crippen LogP contribution in [0.5, 0.6) is 0 Å². The van der Waals surface area contributed by atoms with Crippen molar-refractivity contribution in [3.63, 3.8) is 0 Å². The van der Waals surface area contributed by atoms with Crippen molar-refractivity contribution in [1.29, 1.82) is 0 Å². The van der Waals surface area contributed by atoms with E-state index in [1.165, 1.54) is 0 Å². The first-order valence-electron chi connectivity index (χ1n) is 13.9. The third-order valence-corrected chi connectivity index (χ3v) is 9.16. The summed E-state index contributed by atoms with van der Waals surface area (Å²) in [7, 11) is 0. The number of halogens is 15. The molecule has 2 saturated carbocycles. The number of ketones is 1. The number of hydrogen-bond donors (Lipinski definition) is 0. The lowest BCUT2D eigenvalue weighted by atomic mass is 9.68. The molecule has 2 fully saturated rings. The molecule has 16 heteroatoms. The van der Waals surface area contributed by atoms with Crippen LogP contribution in [0.3, 0.4) is 0 Å². The number of alkyl halides is 15. The standard InChI is InChI=1S/C28H29F15O/c1-2-15-3-5-16(6-4-15)17-7-9-18(10-8-17)19-11-13-20(14-12-19)21(44)22(29,30)23(31,32)24(33,34)25(35,36)26(37,38)27(39,40)28(41,42)43/h11-18H,2-10H2,1H3. The van der Waals surface area contributed by atoms with Crippen LogP contribution in [0.15, 0.2) is 24.3 Å². The molecule has 3 rings (SSSR count). The Morgan fingerprint density at radius 1 is 0.568 bits per heavy atom. The van der Waals surface area contributed by atoms with E-state index in [0.29, 0.717) is 48.3 Å². The third-order valence-electron chi connectivity index (χ3n) is 9.16. The quantitative estimate of drug-likeness (QED) is 0.179. The van der Waals surface area contributed by atoms with Gasteiger partial charge in [0.2, 0.25) is 5.78 Å². The van der Waals surface area contributed by atoms with E-state index >= 15 is 0 Å². The molecule has 2 aliphatic carbocycles. The molecular weight excluding hydrogens is 637 g/mol. The molecule has 0 N–H and O–H groups in total. The Bertz CT molecular complexity index is 1140. The van der Waals surface area contributed by atoms with Crippen molar-refractivity contribution in [2.24, 2.45) is 17.8 Å². The van der Waals surface area contributed by atoms with E-state index in [1.807, 2.05) is 0 Å². The van der Waals surface area contributed by atoms with Gasteiger partial charge >= 0.3 is 41.7 Å². The van der Waals surface area contributed by atoms with Gasteiger partial charge in [-0.2, -0.15) is 65.9 Å². The summed E-state index contributed by atoms with van der Waals surface area (Å²) in [6.45, 7) is 2.14. The van der Waals surface area contributed by atoms with E-state index in [2.05, 4.69) is 6.92 Å². The highest BCUT2D eigenvalue weighted by Gasteiger charge is 2.94. The number of Topliss-reactive ketones (excluding diaryl/α,β-unsaturated/α-hetero) is 1. The Balaban J connectivity index is 1.76. The zero-order valence-electron chi connectivity index (χ0n) is 23.1. The summed E-state index contributed by atoms with van der Waals surface area (Å²) in [5, 5.41) is 0. The second kappa shape index (κ2) is 11.9. The Kier molecular flexibility index (Phi) is 9.81. The molecule has 0 aromatic heterocycles. The van der Waals surface area contributed by atoms with E-state index in [-0.39, 0.29) is 5.92 Å². The molecule has 1 nitrogen and oxygen atoms in total. The lowest BCUT2D eigenvalue weighted by molar-refractivity contribution is -0.449. The molecule has 1 aromatic carbocycles. The molecule has 252 valence electrons. The van der Waals surface area contributed by atoms with Gasteiger partial charge in [0.25, 0.3) is 0 Å². The summed E-state index contributed by atoms with van der Waals surface area (Å²) in [6, 6.07) is 3.04. The lowest BCUT2D eigenvalue weighted by Gasteiger charge is -2.41. The largest absolute Gasteiger partial charge is 0.460 e. The van der Waals surface area contributed by atoms with Crippen LogP contribution in [-0.4, -0.2) is 47.5 Å². The molecule has 0 spiro atoms. The van der Waals surface area contributed by atoms with Gasteiger partial charge in [-0.1, -0.05) is 50.5 Å². The van der Waals surface area contributed by atoms with Gasteiger partial charge in [0.15, 0.2) is 0 Å². The van der Waals surface area contributed by atoms with E-state index in [1.54, 1.807) is 0 Å². The van der Waals surface area contributed by atoms with Gasteiger partial charge in [-0.15, -0.1) is 0 Å². The maximum atomic E-state index is 14.4. The molecular formula is C28H29F15O. The van der Waals surface area contributed by atoms with Crippen LogP contribution in [0.25, 0.3) is 0 Å². The topological polar surface area (TPSA) is 17.1 Å². The fourth-order valence-corrected chi connectivity index (χ4v) is 6.19. The van der Waals surface area contributed by atoms with Gasteiger partial charge < -0.3 is 0 Å². The average Bonchev–Trinajstić information content (AvgIpc) is 2.95. The highest BCUT2D eigenvalue weighted by molar-refractivity contribution is 6.02. The van der Waals surface area contributed by atoms with Gasteiger partial charge in [-0.05, 0) is 67.8 Å². The van der Waals surface area contributed by atoms with Gasteiger partial charge in [-0.25, -0.2) is 0 Å². The maximum absolute atomic E-state index is 14.4. The highest BCUT2D eigenvalue weighted by Crippen LogP contribution is 2.62. The molecule has 2 aliphatic rings. The number of carbonyl (C=O) groups excluding carboxylic acids is 1. The SMILES string of the molecule is CCC1CCC(C2CCC(c3ccc(C(=O)C(F)(F)C(F)(F)C(F)(F)C(F)(F)C(F)(F)C(F)(F)C(F)(F)F)cc3)CC2)CC1. The minimum Gasteiger partial charge on any atom is -0.287 e. The van der Waals surface area contributed by atoms with Gasteiger partial charge in [0, 0.05) is 5.56 Å². The van der Waals surface area contributed by atoms with Crippen LogP contribution in [0.2, 0.25) is 0 Å². The Hall–Kier alpha value is -2.16. The first-order valence-corrected chi connectivity index (χ1v) is 13.9. The zero-order valence-corrected chi connectivity index (χ0v) is 23.1. The van der Waals surface area contributed by atoms with Crippen molar-refractivity contribution in [2.75, 3.05) is 0 Å². The smallest absolute Gasteiger partial charge is 0.287 e. The monoisotopic (exact) mass is 666 g/mol. The van der Waals surface area contributed by atoms with Crippen molar-refractivity contribution in [2.45, 2.75) is 112 Å². The average molecular weight is 667 g/mol. The van der Waals surface area contributed by atoms with Crippen molar-refractivity contribution in [1.82, 2.24) is 0 Å². The molecule has 0 bridgehead atoms. The molecule has 0 radical (unpaired) electrons. The van der Waals surface area contributed by atoms with Crippen molar-refractivity contribution in [3.05, 3.63) is 35.4 Å². The van der Waals surface area contributed by atoms with Gasteiger partial charge in [0.05, 0.1) is 0 Å². The Morgan fingerprint density at radius 3 is 1.36 bits per heavy atom. The van der Waals surface area contributed by atoms with Crippen LogP contribution in [-0.2, 0) is 0 Å². The number of rotatable bonds is 10. The maximum Gasteiger partial charge on any atom is 0.460 e. The first-order chi connectivity index (χ1) is 19.9. The van der Waals surface area contributed by atoms with Crippen LogP contribution >= 0.6 is 0 Å². The third kappa shape index (κ3) is 5.79. The van der Waals surface area contributed by atoms with Crippen LogP contribution in [0.1, 0.15) is 86.6 Å². The summed E-state index contributed by atoms with van der Waals surface area (Å²) < 4.78 is 202. The van der Waals surface area contributed by atoms with Gasteiger partial charge in [-0.3, -0.25) is 4.79 Å². The van der Waals surface area contributed by atoms with E-state index in [9.17, 15) is 70.7 Å². The first kappa shape index (κ1) is 36.3. The normalized spacial score (nSPS) is 25.2. The van der Waals surface area contributed by atoms with Crippen LogP contribution < -0.4 is 0 Å². The molecule has 0 aliphatic heterocycles.